The van der Waals surface area contributed by atoms with Gasteiger partial charge in [-0.1, -0.05) is 58.9 Å². The molecule has 1 aliphatic carbocycles. The highest BCUT2D eigenvalue weighted by molar-refractivity contribution is 9.09. The Hall–Kier alpha value is -0.800. The van der Waals surface area contributed by atoms with Gasteiger partial charge in [-0.2, -0.15) is 0 Å². The largest absolute Gasteiger partial charge is 0.343 e. The number of alkyl halides is 1. The number of rotatable bonds is 2. The highest BCUT2D eigenvalue weighted by Crippen LogP contribution is 2.43. The summed E-state index contributed by atoms with van der Waals surface area (Å²) in [5.74, 6) is 0.0590. The molecule has 1 aromatic carbocycles. The fourth-order valence-electron chi connectivity index (χ4n) is 3.43. The Kier molecular flexibility index (Phi) is 3.91. The molecule has 2 aliphatic rings. The van der Waals surface area contributed by atoms with E-state index in [1.807, 2.05) is 24.3 Å². The van der Waals surface area contributed by atoms with E-state index in [-0.39, 0.29) is 11.4 Å². The first kappa shape index (κ1) is 14.2. The van der Waals surface area contributed by atoms with Crippen molar-refractivity contribution in [2.75, 3.05) is 5.33 Å². The molecule has 0 atom stereocenters. The van der Waals surface area contributed by atoms with Crippen molar-refractivity contribution in [3.63, 3.8) is 0 Å². The molecule has 0 radical (unpaired) electrons. The van der Waals surface area contributed by atoms with Gasteiger partial charge in [-0.3, -0.25) is 4.79 Å². The first-order valence-electron chi connectivity index (χ1n) is 7.04. The summed E-state index contributed by atoms with van der Waals surface area (Å²) in [6.45, 7) is 0. The molecule has 1 spiro atoms. The molecule has 0 aromatic heterocycles. The molecule has 2 nitrogen and oxygen atoms in total. The minimum atomic E-state index is -0.117. The van der Waals surface area contributed by atoms with Gasteiger partial charge in [0.15, 0.2) is 0 Å². The monoisotopic (exact) mass is 353 g/mol. The first-order chi connectivity index (χ1) is 9.66. The van der Waals surface area contributed by atoms with Gasteiger partial charge in [-0.15, -0.1) is 0 Å². The quantitative estimate of drug-likeness (QED) is 0.787. The molecule has 0 bridgehead atoms. The van der Waals surface area contributed by atoms with Crippen LogP contribution in [0.25, 0.3) is 5.57 Å². The number of carbonyl (C=O) groups excluding carboxylic acids is 1. The fraction of sp³-hybridized carbons (Fsp3) is 0.438. The molecule has 1 fully saturated rings. The lowest BCUT2D eigenvalue weighted by Crippen LogP contribution is -2.46. The molecule has 1 aliphatic heterocycles. The van der Waals surface area contributed by atoms with Crippen LogP contribution in [-0.4, -0.2) is 16.8 Å². The number of amides is 1. The molecule has 1 aromatic rings. The lowest BCUT2D eigenvalue weighted by atomic mass is 9.77. The van der Waals surface area contributed by atoms with E-state index in [0.717, 1.165) is 29.3 Å². The van der Waals surface area contributed by atoms with Crippen LogP contribution in [0.5, 0.6) is 0 Å². The van der Waals surface area contributed by atoms with Gasteiger partial charge >= 0.3 is 0 Å². The van der Waals surface area contributed by atoms with Gasteiger partial charge in [0.1, 0.15) is 0 Å². The predicted octanol–water partition coefficient (Wildman–Crippen LogP) is 4.32. The maximum Gasteiger partial charge on any atom is 0.252 e. The van der Waals surface area contributed by atoms with Crippen LogP contribution in [0, 0.1) is 0 Å². The minimum Gasteiger partial charge on any atom is -0.343 e. The molecule has 0 saturated heterocycles. The second-order valence-electron chi connectivity index (χ2n) is 5.59. The van der Waals surface area contributed by atoms with Gasteiger partial charge in [0, 0.05) is 15.9 Å². The highest BCUT2D eigenvalue weighted by atomic mass is 79.9. The van der Waals surface area contributed by atoms with Crippen LogP contribution in [0.3, 0.4) is 0 Å². The maximum atomic E-state index is 12.5. The van der Waals surface area contributed by atoms with Crippen molar-refractivity contribution in [2.24, 2.45) is 0 Å². The van der Waals surface area contributed by atoms with Crippen molar-refractivity contribution in [1.29, 1.82) is 0 Å². The minimum absolute atomic E-state index is 0.0590. The Morgan fingerprint density at radius 1 is 1.15 bits per heavy atom. The number of halogens is 2. The normalized spacial score (nSPS) is 21.4. The predicted molar refractivity (Wildman–Crippen MR) is 86.1 cm³/mol. The number of nitrogens with one attached hydrogen (secondary N) is 1. The Balaban J connectivity index is 2.07. The zero-order valence-electron chi connectivity index (χ0n) is 11.2. The van der Waals surface area contributed by atoms with Crippen molar-refractivity contribution in [1.82, 2.24) is 5.32 Å². The smallest absolute Gasteiger partial charge is 0.252 e. The SMILES string of the molecule is O=C1NC2(CCCCC2)C(CBr)=C1c1ccc(Cl)cc1. The van der Waals surface area contributed by atoms with Crippen molar-refractivity contribution < 1.29 is 4.79 Å². The number of carbonyl (C=O) groups is 1. The van der Waals surface area contributed by atoms with Gasteiger partial charge in [0.25, 0.3) is 5.91 Å². The van der Waals surface area contributed by atoms with E-state index < -0.39 is 0 Å². The molecule has 1 heterocycles. The molecule has 0 unspecified atom stereocenters. The zero-order chi connectivity index (χ0) is 14.2. The third-order valence-corrected chi connectivity index (χ3v) is 5.25. The van der Waals surface area contributed by atoms with Gasteiger partial charge < -0.3 is 5.32 Å². The van der Waals surface area contributed by atoms with E-state index in [1.54, 1.807) is 0 Å². The van der Waals surface area contributed by atoms with Crippen molar-refractivity contribution in [2.45, 2.75) is 37.6 Å². The zero-order valence-corrected chi connectivity index (χ0v) is 13.6. The van der Waals surface area contributed by atoms with Crippen LogP contribution in [0.15, 0.2) is 29.8 Å². The Morgan fingerprint density at radius 3 is 2.40 bits per heavy atom. The van der Waals surface area contributed by atoms with E-state index >= 15 is 0 Å². The standard InChI is InChI=1S/C16H17BrClNO/c17-10-13-14(11-4-6-12(18)7-5-11)15(20)19-16(13)8-2-1-3-9-16/h4-7H,1-3,8-10H2,(H,19,20). The Morgan fingerprint density at radius 2 is 1.80 bits per heavy atom. The van der Waals surface area contributed by atoms with E-state index in [1.165, 1.54) is 24.8 Å². The van der Waals surface area contributed by atoms with Gasteiger partial charge in [0.05, 0.1) is 5.54 Å². The molecular formula is C16H17BrClNO. The first-order valence-corrected chi connectivity index (χ1v) is 8.54. The van der Waals surface area contributed by atoms with Crippen LogP contribution in [0.2, 0.25) is 5.02 Å². The summed E-state index contributed by atoms with van der Waals surface area (Å²) in [6, 6.07) is 7.55. The van der Waals surface area contributed by atoms with Crippen LogP contribution in [0.1, 0.15) is 37.7 Å². The average molecular weight is 355 g/mol. The van der Waals surface area contributed by atoms with Gasteiger partial charge in [0.2, 0.25) is 0 Å². The van der Waals surface area contributed by atoms with Crippen LogP contribution >= 0.6 is 27.5 Å². The summed E-state index contributed by atoms with van der Waals surface area (Å²) in [5.41, 5.74) is 2.89. The summed E-state index contributed by atoms with van der Waals surface area (Å²) in [7, 11) is 0. The summed E-state index contributed by atoms with van der Waals surface area (Å²) in [4.78, 5) is 12.5. The Labute approximate surface area is 132 Å². The average Bonchev–Trinajstić information content (AvgIpc) is 2.72. The summed E-state index contributed by atoms with van der Waals surface area (Å²) in [6.07, 6.45) is 5.74. The van der Waals surface area contributed by atoms with E-state index in [0.29, 0.717) is 5.02 Å². The van der Waals surface area contributed by atoms with Crippen molar-refractivity contribution >= 4 is 39.0 Å². The van der Waals surface area contributed by atoms with Crippen molar-refractivity contribution in [3.05, 3.63) is 40.4 Å². The van der Waals surface area contributed by atoms with E-state index in [2.05, 4.69) is 21.2 Å². The molecule has 1 amide bonds. The molecular weight excluding hydrogens is 338 g/mol. The maximum absolute atomic E-state index is 12.5. The molecule has 4 heteroatoms. The Bertz CT molecular complexity index is 558. The van der Waals surface area contributed by atoms with E-state index in [4.69, 9.17) is 11.6 Å². The van der Waals surface area contributed by atoms with Gasteiger partial charge in [-0.05, 0) is 36.1 Å². The number of hydrogen-bond acceptors (Lipinski definition) is 1. The molecule has 1 N–H and O–H groups in total. The number of hydrogen-bond donors (Lipinski definition) is 1. The van der Waals surface area contributed by atoms with Crippen LogP contribution < -0.4 is 5.32 Å². The van der Waals surface area contributed by atoms with Crippen LogP contribution in [-0.2, 0) is 4.79 Å². The lowest BCUT2D eigenvalue weighted by Gasteiger charge is -2.35. The topological polar surface area (TPSA) is 29.1 Å². The summed E-state index contributed by atoms with van der Waals surface area (Å²) >= 11 is 9.53. The third kappa shape index (κ3) is 2.31. The second-order valence-corrected chi connectivity index (χ2v) is 6.59. The molecule has 20 heavy (non-hydrogen) atoms. The molecule has 1 saturated carbocycles. The lowest BCUT2D eigenvalue weighted by molar-refractivity contribution is -0.116. The second kappa shape index (κ2) is 5.53. The summed E-state index contributed by atoms with van der Waals surface area (Å²) in [5, 5.41) is 4.69. The number of benzene rings is 1. The fourth-order valence-corrected chi connectivity index (χ4v) is 4.37. The van der Waals surface area contributed by atoms with Gasteiger partial charge in [-0.25, -0.2) is 0 Å². The summed E-state index contributed by atoms with van der Waals surface area (Å²) < 4.78 is 0. The highest BCUT2D eigenvalue weighted by Gasteiger charge is 2.44. The van der Waals surface area contributed by atoms with Crippen LogP contribution in [0.4, 0.5) is 0 Å². The molecule has 106 valence electrons. The van der Waals surface area contributed by atoms with E-state index in [9.17, 15) is 4.79 Å². The third-order valence-electron chi connectivity index (χ3n) is 4.43. The van der Waals surface area contributed by atoms with Crippen molar-refractivity contribution in [3.8, 4) is 0 Å². The molecule has 3 rings (SSSR count).